The number of anilines is 1. The Kier molecular flexibility index (Phi) is 6.69. The van der Waals surface area contributed by atoms with Crippen molar-refractivity contribution >= 4 is 17.5 Å². The molecule has 0 aliphatic carbocycles. The summed E-state index contributed by atoms with van der Waals surface area (Å²) in [5, 5.41) is 6.68. The number of benzene rings is 2. The Morgan fingerprint density at radius 2 is 1.62 bits per heavy atom. The number of nitrogens with one attached hydrogen (secondary N) is 1. The van der Waals surface area contributed by atoms with Gasteiger partial charge in [-0.15, -0.1) is 0 Å². The van der Waals surface area contributed by atoms with Crippen LogP contribution in [0.4, 0.5) is 18.9 Å². The molecule has 4 rings (SSSR count). The van der Waals surface area contributed by atoms with Crippen LogP contribution >= 0.6 is 0 Å². The molecule has 2 amide bonds. The van der Waals surface area contributed by atoms with Crippen molar-refractivity contribution < 1.29 is 22.8 Å². The lowest BCUT2D eigenvalue weighted by Crippen LogP contribution is -2.50. The number of halogens is 3. The number of rotatable bonds is 5. The molecule has 1 aliphatic rings. The first-order valence-electron chi connectivity index (χ1n) is 10.8. The molecule has 1 fully saturated rings. The molecule has 0 atom stereocenters. The van der Waals surface area contributed by atoms with Crippen molar-refractivity contribution in [1.29, 1.82) is 0 Å². The Hall–Kier alpha value is -3.66. The van der Waals surface area contributed by atoms with E-state index >= 15 is 0 Å². The number of carbonyl (C=O) groups excluding carboxylic acids is 2. The van der Waals surface area contributed by atoms with E-state index < -0.39 is 23.3 Å². The number of nitrogens with zero attached hydrogens (tertiary/aromatic N) is 4. The van der Waals surface area contributed by atoms with Crippen molar-refractivity contribution in [2.45, 2.75) is 13.1 Å². The minimum atomic E-state index is -4.76. The van der Waals surface area contributed by atoms with Gasteiger partial charge in [0.25, 0.3) is 5.91 Å². The number of hydrogen-bond acceptors (Lipinski definition) is 4. The van der Waals surface area contributed by atoms with E-state index in [1.54, 1.807) is 24.3 Å². The van der Waals surface area contributed by atoms with E-state index in [4.69, 9.17) is 0 Å². The third kappa shape index (κ3) is 5.28. The molecule has 1 saturated heterocycles. The molecular weight excluding hydrogens is 447 g/mol. The highest BCUT2D eigenvalue weighted by atomic mass is 19.4. The molecule has 1 aliphatic heterocycles. The summed E-state index contributed by atoms with van der Waals surface area (Å²) in [6.45, 7) is 3.14. The normalized spacial score (nSPS) is 14.8. The Labute approximate surface area is 194 Å². The van der Waals surface area contributed by atoms with Crippen molar-refractivity contribution in [3.05, 3.63) is 77.6 Å². The zero-order valence-corrected chi connectivity index (χ0v) is 18.5. The molecule has 3 aromatic rings. The zero-order chi connectivity index (χ0) is 24.3. The number of amides is 2. The van der Waals surface area contributed by atoms with Gasteiger partial charge in [0.15, 0.2) is 5.69 Å². The van der Waals surface area contributed by atoms with Crippen LogP contribution < -0.4 is 5.32 Å². The van der Waals surface area contributed by atoms with Crippen LogP contribution in [0.1, 0.15) is 21.6 Å². The van der Waals surface area contributed by atoms with Gasteiger partial charge in [-0.3, -0.25) is 14.5 Å². The van der Waals surface area contributed by atoms with Crippen LogP contribution in [-0.4, -0.2) is 64.1 Å². The first-order chi connectivity index (χ1) is 16.2. The Balaban J connectivity index is 1.43. The molecule has 10 heteroatoms. The van der Waals surface area contributed by atoms with Crippen molar-refractivity contribution in [2.75, 3.05) is 38.0 Å². The smallest absolute Gasteiger partial charge is 0.336 e. The number of para-hydroxylation sites is 1. The second kappa shape index (κ2) is 9.68. The maximum absolute atomic E-state index is 13.9. The predicted octanol–water partition coefficient (Wildman–Crippen LogP) is 3.60. The van der Waals surface area contributed by atoms with Crippen LogP contribution in [0, 0.1) is 6.92 Å². The molecule has 7 nitrogen and oxygen atoms in total. The number of aryl methyl sites for hydroxylation is 1. The minimum absolute atomic E-state index is 0.135. The number of hydrogen-bond donors (Lipinski definition) is 1. The Morgan fingerprint density at radius 1 is 0.971 bits per heavy atom. The summed E-state index contributed by atoms with van der Waals surface area (Å²) in [5.74, 6) is -0.913. The molecule has 34 heavy (non-hydrogen) atoms. The molecule has 1 aromatic heterocycles. The Morgan fingerprint density at radius 3 is 2.24 bits per heavy atom. The second-order valence-corrected chi connectivity index (χ2v) is 8.13. The van der Waals surface area contributed by atoms with E-state index in [0.717, 1.165) is 16.4 Å². The van der Waals surface area contributed by atoms with E-state index in [9.17, 15) is 22.8 Å². The summed E-state index contributed by atoms with van der Waals surface area (Å²) in [5.41, 5.74) is 0.239. The lowest BCUT2D eigenvalue weighted by Gasteiger charge is -2.34. The lowest BCUT2D eigenvalue weighted by atomic mass is 10.1. The first-order valence-corrected chi connectivity index (χ1v) is 10.8. The fourth-order valence-electron chi connectivity index (χ4n) is 3.86. The van der Waals surface area contributed by atoms with Crippen LogP contribution in [0.25, 0.3) is 5.69 Å². The minimum Gasteiger partial charge on any atom is -0.336 e. The van der Waals surface area contributed by atoms with E-state index in [0.29, 0.717) is 18.8 Å². The highest BCUT2D eigenvalue weighted by Gasteiger charge is 2.41. The fraction of sp³-hybridized carbons (Fsp3) is 0.292. The molecule has 0 bridgehead atoms. The van der Waals surface area contributed by atoms with Crippen molar-refractivity contribution in [3.63, 3.8) is 0 Å². The third-order valence-electron chi connectivity index (χ3n) is 5.63. The van der Waals surface area contributed by atoms with E-state index in [1.165, 1.54) is 17.0 Å². The van der Waals surface area contributed by atoms with Crippen LogP contribution in [-0.2, 0) is 11.0 Å². The third-order valence-corrected chi connectivity index (χ3v) is 5.63. The molecule has 0 radical (unpaired) electrons. The average molecular weight is 471 g/mol. The average Bonchev–Trinajstić information content (AvgIpc) is 3.26. The summed E-state index contributed by atoms with van der Waals surface area (Å²) in [4.78, 5) is 28.5. The SMILES string of the molecule is Cc1ccc(-n2ncc(C(=O)N3CCN(CC(=O)Nc4ccccc4)CC3)c2C(F)(F)F)cc1. The standard InChI is InChI=1S/C24H24F3N5O2/c1-17-7-9-19(10-8-17)32-22(24(25,26)27)20(15-28-32)23(34)31-13-11-30(12-14-31)16-21(33)29-18-5-3-2-4-6-18/h2-10,15H,11-14,16H2,1H3,(H,29,33). The maximum atomic E-state index is 13.9. The quantitative estimate of drug-likeness (QED) is 0.618. The van der Waals surface area contributed by atoms with Gasteiger partial charge >= 0.3 is 6.18 Å². The highest BCUT2D eigenvalue weighted by molar-refractivity contribution is 5.95. The molecule has 178 valence electrons. The van der Waals surface area contributed by atoms with Crippen molar-refractivity contribution in [2.24, 2.45) is 0 Å². The summed E-state index contributed by atoms with van der Waals surface area (Å²) in [7, 11) is 0. The van der Waals surface area contributed by atoms with E-state index in [-0.39, 0.29) is 31.2 Å². The van der Waals surface area contributed by atoms with Crippen molar-refractivity contribution in [1.82, 2.24) is 19.6 Å². The second-order valence-electron chi connectivity index (χ2n) is 8.13. The summed E-state index contributed by atoms with van der Waals surface area (Å²) < 4.78 is 42.6. The van der Waals surface area contributed by atoms with Gasteiger partial charge in [-0.1, -0.05) is 35.9 Å². The number of carbonyl (C=O) groups is 2. The molecular formula is C24H24F3N5O2. The molecule has 0 spiro atoms. The molecule has 1 N–H and O–H groups in total. The van der Waals surface area contributed by atoms with Gasteiger partial charge in [-0.2, -0.15) is 18.3 Å². The van der Waals surface area contributed by atoms with Gasteiger partial charge in [0.2, 0.25) is 5.91 Å². The largest absolute Gasteiger partial charge is 0.434 e. The number of aromatic nitrogens is 2. The lowest BCUT2D eigenvalue weighted by molar-refractivity contribution is -0.143. The molecule has 2 aromatic carbocycles. The Bertz CT molecular complexity index is 1150. The van der Waals surface area contributed by atoms with Gasteiger partial charge in [0.05, 0.1) is 24.0 Å². The van der Waals surface area contributed by atoms with Crippen molar-refractivity contribution in [3.8, 4) is 5.69 Å². The predicted molar refractivity (Wildman–Crippen MR) is 121 cm³/mol. The van der Waals surface area contributed by atoms with Gasteiger partial charge in [-0.25, -0.2) is 4.68 Å². The van der Waals surface area contributed by atoms with Gasteiger partial charge in [0, 0.05) is 31.9 Å². The summed E-state index contributed by atoms with van der Waals surface area (Å²) in [6, 6.07) is 15.5. The molecule has 2 heterocycles. The van der Waals surface area contributed by atoms with Crippen LogP contribution in [0.3, 0.4) is 0 Å². The fourth-order valence-corrected chi connectivity index (χ4v) is 3.86. The summed E-state index contributed by atoms with van der Waals surface area (Å²) in [6.07, 6.45) is -3.78. The van der Waals surface area contributed by atoms with E-state index in [2.05, 4.69) is 10.4 Å². The zero-order valence-electron chi connectivity index (χ0n) is 18.5. The highest BCUT2D eigenvalue weighted by Crippen LogP contribution is 2.34. The van der Waals surface area contributed by atoms with Crippen LogP contribution in [0.2, 0.25) is 0 Å². The number of alkyl halides is 3. The van der Waals surface area contributed by atoms with Gasteiger partial charge < -0.3 is 10.2 Å². The molecule has 0 saturated carbocycles. The van der Waals surface area contributed by atoms with E-state index in [1.807, 2.05) is 30.0 Å². The number of piperazine rings is 1. The van der Waals surface area contributed by atoms with Crippen LogP contribution in [0.15, 0.2) is 60.8 Å². The van der Waals surface area contributed by atoms with Crippen LogP contribution in [0.5, 0.6) is 0 Å². The first kappa shape index (κ1) is 23.5. The van der Waals surface area contributed by atoms with Gasteiger partial charge in [-0.05, 0) is 31.2 Å². The molecule has 0 unspecified atom stereocenters. The summed E-state index contributed by atoms with van der Waals surface area (Å²) >= 11 is 0. The topological polar surface area (TPSA) is 70.5 Å². The maximum Gasteiger partial charge on any atom is 0.434 e. The van der Waals surface area contributed by atoms with Gasteiger partial charge in [0.1, 0.15) is 0 Å². The monoisotopic (exact) mass is 471 g/mol.